The molecule has 0 heterocycles. The summed E-state index contributed by atoms with van der Waals surface area (Å²) in [6.45, 7) is 1.65. The van der Waals surface area contributed by atoms with E-state index in [0.29, 0.717) is 6.42 Å². The first-order chi connectivity index (χ1) is 9.45. The number of ketones is 1. The number of rotatable bonds is 4. The molecule has 20 heavy (non-hydrogen) atoms. The van der Waals surface area contributed by atoms with E-state index in [2.05, 4.69) is 0 Å². The van der Waals surface area contributed by atoms with Gasteiger partial charge in [0.25, 0.3) is 6.43 Å². The summed E-state index contributed by atoms with van der Waals surface area (Å²) in [5.41, 5.74) is -2.93. The van der Waals surface area contributed by atoms with Crippen molar-refractivity contribution in [2.24, 2.45) is 5.41 Å². The number of halogens is 3. The lowest BCUT2D eigenvalue weighted by atomic mass is 9.84. The van der Waals surface area contributed by atoms with Gasteiger partial charge in [-0.3, -0.25) is 9.59 Å². The predicted molar refractivity (Wildman–Crippen MR) is 64.1 cm³/mol. The van der Waals surface area contributed by atoms with Crippen LogP contribution >= 0.6 is 0 Å². The van der Waals surface area contributed by atoms with Gasteiger partial charge in [0, 0.05) is 6.42 Å². The lowest BCUT2D eigenvalue weighted by molar-refractivity contribution is -0.160. The zero-order valence-electron chi connectivity index (χ0n) is 10.8. The van der Waals surface area contributed by atoms with Gasteiger partial charge in [-0.2, -0.15) is 0 Å². The number of carbonyl (C=O) groups is 2. The molecule has 0 bridgehead atoms. The van der Waals surface area contributed by atoms with E-state index in [1.165, 1.54) is 12.1 Å². The second-order valence-corrected chi connectivity index (χ2v) is 4.69. The summed E-state index contributed by atoms with van der Waals surface area (Å²) in [5, 5.41) is 0. The van der Waals surface area contributed by atoms with Gasteiger partial charge in [-0.05, 0) is 18.1 Å². The smallest absolute Gasteiger partial charge is 0.326 e. The van der Waals surface area contributed by atoms with E-state index >= 15 is 0 Å². The number of benzene rings is 1. The maximum absolute atomic E-state index is 13.6. The first-order valence-electron chi connectivity index (χ1n) is 6.22. The number of Topliss-reactive ketones (excluding diaryl/α,β-unsaturated/α-hetero) is 1. The molecule has 6 heteroatoms. The van der Waals surface area contributed by atoms with Crippen molar-refractivity contribution >= 4 is 11.8 Å². The molecule has 1 atom stereocenters. The minimum absolute atomic E-state index is 0.0561. The summed E-state index contributed by atoms with van der Waals surface area (Å²) in [7, 11) is 0. The summed E-state index contributed by atoms with van der Waals surface area (Å²) in [4.78, 5) is 24.1. The van der Waals surface area contributed by atoms with Crippen molar-refractivity contribution in [2.75, 3.05) is 6.61 Å². The van der Waals surface area contributed by atoms with Crippen LogP contribution < -0.4 is 0 Å². The Hall–Kier alpha value is -1.85. The van der Waals surface area contributed by atoms with Crippen LogP contribution in [0.15, 0.2) is 18.2 Å². The second-order valence-electron chi connectivity index (χ2n) is 4.69. The molecule has 0 saturated carbocycles. The molecule has 0 aromatic heterocycles. The van der Waals surface area contributed by atoms with Gasteiger partial charge in [0.05, 0.1) is 12.2 Å². The minimum Gasteiger partial charge on any atom is -0.465 e. The SMILES string of the molecule is CCCOC(=O)C1(C(F)F)Cc2cccc(F)c2C1=O. The largest absolute Gasteiger partial charge is 0.465 e. The Morgan fingerprint density at radius 2 is 2.15 bits per heavy atom. The predicted octanol–water partition coefficient (Wildman–Crippen LogP) is 2.77. The molecule has 0 radical (unpaired) electrons. The molecular formula is C14H13F3O3. The van der Waals surface area contributed by atoms with Crippen molar-refractivity contribution in [2.45, 2.75) is 26.2 Å². The highest BCUT2D eigenvalue weighted by Crippen LogP contribution is 2.43. The number of carbonyl (C=O) groups excluding carboxylic acids is 2. The van der Waals surface area contributed by atoms with Crippen LogP contribution in [0.2, 0.25) is 0 Å². The van der Waals surface area contributed by atoms with Gasteiger partial charge in [0.15, 0.2) is 11.2 Å². The van der Waals surface area contributed by atoms with Gasteiger partial charge in [0.2, 0.25) is 0 Å². The Kier molecular flexibility index (Phi) is 3.83. The Labute approximate surface area is 113 Å². The molecule has 0 N–H and O–H groups in total. The summed E-state index contributed by atoms with van der Waals surface area (Å²) >= 11 is 0. The Balaban J connectivity index is 2.46. The Bertz CT molecular complexity index is 557. The van der Waals surface area contributed by atoms with Gasteiger partial charge in [-0.25, -0.2) is 13.2 Å². The van der Waals surface area contributed by atoms with Crippen LogP contribution in [0, 0.1) is 11.2 Å². The maximum atomic E-state index is 13.6. The third-order valence-corrected chi connectivity index (χ3v) is 3.38. The number of hydrogen-bond acceptors (Lipinski definition) is 3. The van der Waals surface area contributed by atoms with Crippen molar-refractivity contribution in [3.05, 3.63) is 35.1 Å². The average Bonchev–Trinajstić information content (AvgIpc) is 2.71. The van der Waals surface area contributed by atoms with Crippen molar-refractivity contribution in [1.82, 2.24) is 0 Å². The van der Waals surface area contributed by atoms with Crippen LogP contribution in [0.3, 0.4) is 0 Å². The zero-order chi connectivity index (χ0) is 14.9. The van der Waals surface area contributed by atoms with Gasteiger partial charge in [0.1, 0.15) is 5.82 Å². The zero-order valence-corrected chi connectivity index (χ0v) is 10.8. The van der Waals surface area contributed by atoms with Crippen molar-refractivity contribution in [3.8, 4) is 0 Å². The van der Waals surface area contributed by atoms with Crippen molar-refractivity contribution < 1.29 is 27.5 Å². The Morgan fingerprint density at radius 3 is 2.70 bits per heavy atom. The van der Waals surface area contributed by atoms with E-state index in [0.717, 1.165) is 6.07 Å². The third kappa shape index (κ3) is 1.99. The summed E-state index contributed by atoms with van der Waals surface area (Å²) in [6.07, 6.45) is -3.33. The third-order valence-electron chi connectivity index (χ3n) is 3.38. The highest BCUT2D eigenvalue weighted by atomic mass is 19.3. The molecule has 0 amide bonds. The van der Waals surface area contributed by atoms with Crippen LogP contribution in [0.25, 0.3) is 0 Å². The molecule has 108 valence electrons. The quantitative estimate of drug-likeness (QED) is 0.631. The lowest BCUT2D eigenvalue weighted by Gasteiger charge is -2.23. The summed E-state index contributed by atoms with van der Waals surface area (Å²) < 4.78 is 45.1. The molecule has 2 rings (SSSR count). The van der Waals surface area contributed by atoms with Crippen LogP contribution in [0.4, 0.5) is 13.2 Å². The molecular weight excluding hydrogens is 273 g/mol. The lowest BCUT2D eigenvalue weighted by Crippen LogP contribution is -2.45. The Morgan fingerprint density at radius 1 is 1.45 bits per heavy atom. The van der Waals surface area contributed by atoms with E-state index in [1.54, 1.807) is 6.92 Å². The molecule has 0 saturated heterocycles. The van der Waals surface area contributed by atoms with Gasteiger partial charge >= 0.3 is 5.97 Å². The number of esters is 1. The fourth-order valence-corrected chi connectivity index (χ4v) is 2.33. The highest BCUT2D eigenvalue weighted by Gasteiger charge is 2.60. The van der Waals surface area contributed by atoms with Crippen molar-refractivity contribution in [1.29, 1.82) is 0 Å². The maximum Gasteiger partial charge on any atom is 0.326 e. The molecule has 1 unspecified atom stereocenters. The topological polar surface area (TPSA) is 43.4 Å². The number of alkyl halides is 2. The van der Waals surface area contributed by atoms with Crippen molar-refractivity contribution in [3.63, 3.8) is 0 Å². The fourth-order valence-electron chi connectivity index (χ4n) is 2.33. The van der Waals surface area contributed by atoms with Crippen LogP contribution in [-0.2, 0) is 16.0 Å². The standard InChI is InChI=1S/C14H13F3O3/c1-2-6-20-13(19)14(12(16)17)7-8-4-3-5-9(15)10(8)11(14)18/h3-5,12H,2,6-7H2,1H3. The number of hydrogen-bond donors (Lipinski definition) is 0. The monoisotopic (exact) mass is 286 g/mol. The van der Waals surface area contributed by atoms with Gasteiger partial charge in [-0.1, -0.05) is 19.1 Å². The molecule has 3 nitrogen and oxygen atoms in total. The van der Waals surface area contributed by atoms with E-state index in [-0.39, 0.29) is 12.2 Å². The van der Waals surface area contributed by atoms with E-state index < -0.39 is 41.4 Å². The van der Waals surface area contributed by atoms with E-state index in [4.69, 9.17) is 4.74 Å². The van der Waals surface area contributed by atoms with E-state index in [9.17, 15) is 22.8 Å². The fraction of sp³-hybridized carbons (Fsp3) is 0.429. The first-order valence-corrected chi connectivity index (χ1v) is 6.22. The minimum atomic E-state index is -3.24. The molecule has 1 aromatic carbocycles. The number of fused-ring (bicyclic) bond motifs is 1. The second kappa shape index (κ2) is 5.26. The summed E-state index contributed by atoms with van der Waals surface area (Å²) in [5.74, 6) is -3.37. The van der Waals surface area contributed by atoms with E-state index in [1.807, 2.05) is 0 Å². The molecule has 0 fully saturated rings. The summed E-state index contributed by atoms with van der Waals surface area (Å²) in [6, 6.07) is 3.70. The van der Waals surface area contributed by atoms with Crippen LogP contribution in [0.5, 0.6) is 0 Å². The molecule has 0 spiro atoms. The number of ether oxygens (including phenoxy) is 1. The molecule has 1 aliphatic carbocycles. The van der Waals surface area contributed by atoms with Crippen LogP contribution in [-0.4, -0.2) is 24.8 Å². The normalized spacial score (nSPS) is 21.1. The average molecular weight is 286 g/mol. The molecule has 1 aliphatic rings. The van der Waals surface area contributed by atoms with Crippen LogP contribution in [0.1, 0.15) is 29.3 Å². The van der Waals surface area contributed by atoms with Gasteiger partial charge in [-0.15, -0.1) is 0 Å². The first kappa shape index (κ1) is 14.6. The van der Waals surface area contributed by atoms with Gasteiger partial charge < -0.3 is 4.74 Å². The highest BCUT2D eigenvalue weighted by molar-refractivity contribution is 6.16. The molecule has 1 aromatic rings. The molecule has 0 aliphatic heterocycles.